The third-order valence-corrected chi connectivity index (χ3v) is 3.13. The fourth-order valence-corrected chi connectivity index (χ4v) is 2.27. The Kier molecular flexibility index (Phi) is 2.68. The van der Waals surface area contributed by atoms with Crippen LogP contribution in [-0.4, -0.2) is 14.6 Å². The van der Waals surface area contributed by atoms with Gasteiger partial charge in [0.15, 0.2) is 5.65 Å². The summed E-state index contributed by atoms with van der Waals surface area (Å²) < 4.78 is 2.42. The van der Waals surface area contributed by atoms with Gasteiger partial charge in [0.1, 0.15) is 10.3 Å². The van der Waals surface area contributed by atoms with Crippen LogP contribution in [0.15, 0.2) is 10.5 Å². The fourth-order valence-electron chi connectivity index (χ4n) is 1.20. The Morgan fingerprint density at radius 3 is 2.86 bits per heavy atom. The van der Waals surface area contributed by atoms with Crippen LogP contribution in [0.2, 0.25) is 10.3 Å². The van der Waals surface area contributed by atoms with E-state index in [1.165, 1.54) is 0 Å². The first-order valence-corrected chi connectivity index (χ1v) is 5.57. The number of fused-ring (bicyclic) bond motifs is 1. The quantitative estimate of drug-likeness (QED) is 0.755. The average Bonchev–Trinajstić information content (AvgIpc) is 2.44. The van der Waals surface area contributed by atoms with Gasteiger partial charge in [-0.15, -0.1) is 0 Å². The van der Waals surface area contributed by atoms with E-state index >= 15 is 0 Å². The second-order valence-corrected chi connectivity index (χ2v) is 4.32. The summed E-state index contributed by atoms with van der Waals surface area (Å²) in [6.45, 7) is 2.02. The van der Waals surface area contributed by atoms with Crippen molar-refractivity contribution in [2.45, 2.75) is 13.3 Å². The van der Waals surface area contributed by atoms with Crippen LogP contribution in [0.1, 0.15) is 12.6 Å². The minimum absolute atomic E-state index is 0.366. The second-order valence-electron chi connectivity index (χ2n) is 2.75. The van der Waals surface area contributed by atoms with E-state index in [1.54, 1.807) is 10.6 Å². The Balaban J connectivity index is 2.85. The molecule has 0 saturated heterocycles. The number of aromatic nitrogens is 3. The lowest BCUT2D eigenvalue weighted by Crippen LogP contribution is -1.92. The normalized spacial score (nSPS) is 11.1. The largest absolute Gasteiger partial charge is 0.216 e. The van der Waals surface area contributed by atoms with E-state index in [0.717, 1.165) is 16.6 Å². The van der Waals surface area contributed by atoms with Gasteiger partial charge in [-0.2, -0.15) is 5.10 Å². The molecule has 2 aromatic rings. The minimum atomic E-state index is 0.366. The van der Waals surface area contributed by atoms with Gasteiger partial charge in [0.05, 0.1) is 10.2 Å². The van der Waals surface area contributed by atoms with Crippen molar-refractivity contribution < 1.29 is 0 Å². The summed E-state index contributed by atoms with van der Waals surface area (Å²) in [7, 11) is 0. The lowest BCUT2D eigenvalue weighted by molar-refractivity contribution is 0.887. The molecule has 0 N–H and O–H groups in total. The number of hydrogen-bond donors (Lipinski definition) is 0. The monoisotopic (exact) mass is 293 g/mol. The van der Waals surface area contributed by atoms with E-state index in [0.29, 0.717) is 16.0 Å². The summed E-state index contributed by atoms with van der Waals surface area (Å²) in [5.74, 6) is 0. The molecule has 2 aromatic heterocycles. The molecular formula is C8H6BrCl2N3. The van der Waals surface area contributed by atoms with Gasteiger partial charge >= 0.3 is 0 Å². The number of aryl methyl sites for hydroxylation is 1. The molecule has 0 spiro atoms. The van der Waals surface area contributed by atoms with Crippen molar-refractivity contribution in [2.75, 3.05) is 0 Å². The molecule has 0 aliphatic heterocycles. The van der Waals surface area contributed by atoms with Gasteiger partial charge in [-0.05, 0) is 22.4 Å². The van der Waals surface area contributed by atoms with Crippen molar-refractivity contribution >= 4 is 44.8 Å². The summed E-state index contributed by atoms with van der Waals surface area (Å²) in [5.41, 5.74) is 1.57. The highest BCUT2D eigenvalue weighted by molar-refractivity contribution is 9.10. The molecule has 0 amide bonds. The third-order valence-electron chi connectivity index (χ3n) is 1.86. The first-order valence-electron chi connectivity index (χ1n) is 4.02. The standard InChI is InChI=1S/C8H6BrCl2N3/c1-2-4-7(9)8-12-5(10)3-6(11)14(8)13-4/h3H,2H2,1H3. The molecule has 74 valence electrons. The average molecular weight is 295 g/mol. The molecule has 0 bridgehead atoms. The summed E-state index contributed by atoms with van der Waals surface area (Å²) in [5, 5.41) is 5.11. The van der Waals surface area contributed by atoms with E-state index < -0.39 is 0 Å². The van der Waals surface area contributed by atoms with Gasteiger partial charge in [0.25, 0.3) is 0 Å². The zero-order valence-corrected chi connectivity index (χ0v) is 10.4. The molecule has 0 fully saturated rings. The Morgan fingerprint density at radius 2 is 2.21 bits per heavy atom. The highest BCUT2D eigenvalue weighted by atomic mass is 79.9. The van der Waals surface area contributed by atoms with Crippen molar-refractivity contribution in [1.29, 1.82) is 0 Å². The predicted octanol–water partition coefficient (Wildman–Crippen LogP) is 3.36. The molecule has 14 heavy (non-hydrogen) atoms. The number of rotatable bonds is 1. The van der Waals surface area contributed by atoms with Gasteiger partial charge in [-0.3, -0.25) is 0 Å². The molecule has 0 aliphatic rings. The molecule has 0 aliphatic carbocycles. The van der Waals surface area contributed by atoms with Crippen LogP contribution in [-0.2, 0) is 6.42 Å². The predicted molar refractivity (Wildman–Crippen MR) is 60.1 cm³/mol. The van der Waals surface area contributed by atoms with E-state index in [2.05, 4.69) is 26.0 Å². The van der Waals surface area contributed by atoms with Crippen LogP contribution in [0.5, 0.6) is 0 Å². The molecule has 0 aromatic carbocycles. The van der Waals surface area contributed by atoms with E-state index in [-0.39, 0.29) is 0 Å². The molecule has 0 radical (unpaired) electrons. The van der Waals surface area contributed by atoms with Crippen molar-refractivity contribution in [1.82, 2.24) is 14.6 Å². The minimum Gasteiger partial charge on any atom is -0.216 e. The Morgan fingerprint density at radius 1 is 1.50 bits per heavy atom. The fraction of sp³-hybridized carbons (Fsp3) is 0.250. The van der Waals surface area contributed by atoms with Crippen LogP contribution < -0.4 is 0 Å². The summed E-state index contributed by atoms with van der Waals surface area (Å²) >= 11 is 15.2. The molecule has 2 rings (SSSR count). The van der Waals surface area contributed by atoms with Gasteiger partial charge in [-0.25, -0.2) is 9.50 Å². The molecule has 2 heterocycles. The highest BCUT2D eigenvalue weighted by Gasteiger charge is 2.12. The lowest BCUT2D eigenvalue weighted by Gasteiger charge is -1.96. The molecule has 0 saturated carbocycles. The maximum absolute atomic E-state index is 5.96. The van der Waals surface area contributed by atoms with Crippen molar-refractivity contribution in [3.8, 4) is 0 Å². The zero-order chi connectivity index (χ0) is 10.3. The summed E-state index contributed by atoms with van der Waals surface area (Å²) in [6, 6.07) is 1.56. The van der Waals surface area contributed by atoms with Crippen LogP contribution in [0, 0.1) is 0 Å². The number of nitrogens with zero attached hydrogens (tertiary/aromatic N) is 3. The maximum atomic E-state index is 5.96. The Hall–Kier alpha value is -0.320. The SMILES string of the molecule is CCc1nn2c(Cl)cc(Cl)nc2c1Br. The Labute approximate surface area is 99.2 Å². The number of halogens is 3. The molecule has 3 nitrogen and oxygen atoms in total. The second kappa shape index (κ2) is 3.68. The van der Waals surface area contributed by atoms with E-state index in [1.807, 2.05) is 6.92 Å². The maximum Gasteiger partial charge on any atom is 0.172 e. The first kappa shape index (κ1) is 10.2. The van der Waals surface area contributed by atoms with Gasteiger partial charge < -0.3 is 0 Å². The first-order chi connectivity index (χ1) is 6.63. The smallest absolute Gasteiger partial charge is 0.172 e. The van der Waals surface area contributed by atoms with Crippen molar-refractivity contribution in [3.63, 3.8) is 0 Å². The molecule has 0 unspecified atom stereocenters. The van der Waals surface area contributed by atoms with E-state index in [4.69, 9.17) is 23.2 Å². The summed E-state index contributed by atoms with van der Waals surface area (Å²) in [6.07, 6.45) is 0.817. The van der Waals surface area contributed by atoms with Crippen molar-refractivity contribution in [3.05, 3.63) is 26.5 Å². The topological polar surface area (TPSA) is 30.2 Å². The van der Waals surface area contributed by atoms with Crippen LogP contribution >= 0.6 is 39.1 Å². The Bertz CT molecular complexity index is 495. The van der Waals surface area contributed by atoms with Gasteiger partial charge in [0, 0.05) is 6.07 Å². The molecular weight excluding hydrogens is 289 g/mol. The lowest BCUT2D eigenvalue weighted by atomic mass is 10.3. The zero-order valence-electron chi connectivity index (χ0n) is 7.26. The van der Waals surface area contributed by atoms with Gasteiger partial charge in [-0.1, -0.05) is 30.1 Å². The summed E-state index contributed by atoms with van der Waals surface area (Å²) in [4.78, 5) is 4.14. The van der Waals surface area contributed by atoms with Crippen molar-refractivity contribution in [2.24, 2.45) is 0 Å². The third kappa shape index (κ3) is 1.51. The van der Waals surface area contributed by atoms with Crippen LogP contribution in [0.4, 0.5) is 0 Å². The van der Waals surface area contributed by atoms with Crippen LogP contribution in [0.3, 0.4) is 0 Å². The molecule has 6 heteroatoms. The van der Waals surface area contributed by atoms with Crippen LogP contribution in [0.25, 0.3) is 5.65 Å². The number of hydrogen-bond acceptors (Lipinski definition) is 2. The van der Waals surface area contributed by atoms with Gasteiger partial charge in [0.2, 0.25) is 0 Å². The highest BCUT2D eigenvalue weighted by Crippen LogP contribution is 2.25. The molecule has 0 atom stereocenters. The van der Waals surface area contributed by atoms with E-state index in [9.17, 15) is 0 Å².